The van der Waals surface area contributed by atoms with Crippen LogP contribution in [0.4, 0.5) is 11.5 Å². The lowest BCUT2D eigenvalue weighted by Crippen LogP contribution is -2.30. The smallest absolute Gasteiger partial charge is 0.243 e. The number of nitrogens with zero attached hydrogens (tertiary/aromatic N) is 2. The molecule has 0 saturated carbocycles. The van der Waals surface area contributed by atoms with Gasteiger partial charge in [0.2, 0.25) is 5.91 Å². The summed E-state index contributed by atoms with van der Waals surface area (Å²) in [4.78, 5) is 18.4. The summed E-state index contributed by atoms with van der Waals surface area (Å²) in [5.41, 5.74) is 2.78. The quantitative estimate of drug-likeness (QED) is 0.919. The molecule has 0 spiro atoms. The number of amides is 1. The molecule has 5 heteroatoms. The summed E-state index contributed by atoms with van der Waals surface area (Å²) in [5.74, 6) is 0.726. The van der Waals surface area contributed by atoms with Crippen molar-refractivity contribution in [2.45, 2.75) is 13.8 Å². The Morgan fingerprint density at radius 2 is 2.05 bits per heavy atom. The highest BCUT2D eigenvalue weighted by atomic mass is 79.9. The van der Waals surface area contributed by atoms with Gasteiger partial charge in [-0.05, 0) is 49.7 Å². The third-order valence-corrected chi connectivity index (χ3v) is 3.60. The maximum atomic E-state index is 12.1. The summed E-state index contributed by atoms with van der Waals surface area (Å²) in [5, 5.41) is 2.92. The van der Waals surface area contributed by atoms with Crippen LogP contribution in [0.2, 0.25) is 0 Å². The zero-order chi connectivity index (χ0) is 15.4. The second-order valence-corrected chi connectivity index (χ2v) is 5.92. The van der Waals surface area contributed by atoms with Crippen molar-refractivity contribution < 1.29 is 4.79 Å². The van der Waals surface area contributed by atoms with Gasteiger partial charge >= 0.3 is 0 Å². The van der Waals surface area contributed by atoms with E-state index in [0.717, 1.165) is 27.2 Å². The van der Waals surface area contributed by atoms with E-state index in [0.29, 0.717) is 0 Å². The van der Waals surface area contributed by atoms with Gasteiger partial charge in [0.1, 0.15) is 5.82 Å². The van der Waals surface area contributed by atoms with Crippen molar-refractivity contribution in [1.82, 2.24) is 4.98 Å². The van der Waals surface area contributed by atoms with E-state index < -0.39 is 0 Å². The van der Waals surface area contributed by atoms with Crippen molar-refractivity contribution in [3.8, 4) is 0 Å². The third-order valence-electron chi connectivity index (χ3n) is 3.11. The second-order valence-electron chi connectivity index (χ2n) is 5.00. The highest BCUT2D eigenvalue weighted by molar-refractivity contribution is 9.10. The van der Waals surface area contributed by atoms with Crippen LogP contribution in [-0.4, -0.2) is 24.5 Å². The maximum Gasteiger partial charge on any atom is 0.243 e. The van der Waals surface area contributed by atoms with Gasteiger partial charge in [-0.2, -0.15) is 0 Å². The fourth-order valence-corrected chi connectivity index (χ4v) is 2.47. The second kappa shape index (κ2) is 6.72. The average molecular weight is 348 g/mol. The lowest BCUT2D eigenvalue weighted by Gasteiger charge is -2.18. The highest BCUT2D eigenvalue weighted by Crippen LogP contribution is 2.20. The number of rotatable bonds is 4. The number of pyridine rings is 1. The molecule has 0 atom stereocenters. The van der Waals surface area contributed by atoms with Gasteiger partial charge in [-0.1, -0.05) is 22.0 Å². The lowest BCUT2D eigenvalue weighted by atomic mass is 10.2. The molecule has 0 aliphatic carbocycles. The van der Waals surface area contributed by atoms with E-state index in [1.807, 2.05) is 62.2 Å². The number of aromatic nitrogens is 1. The van der Waals surface area contributed by atoms with Gasteiger partial charge in [-0.25, -0.2) is 4.98 Å². The largest absolute Gasteiger partial charge is 0.350 e. The topological polar surface area (TPSA) is 45.2 Å². The van der Waals surface area contributed by atoms with E-state index >= 15 is 0 Å². The SMILES string of the molecule is Cc1cccc(N(C)CC(=O)Nc2ccc(Br)cc2C)n1. The molecule has 1 N–H and O–H groups in total. The third kappa shape index (κ3) is 4.29. The Hall–Kier alpha value is -1.88. The Morgan fingerprint density at radius 1 is 1.29 bits per heavy atom. The van der Waals surface area contributed by atoms with Crippen LogP contribution in [-0.2, 0) is 4.79 Å². The molecule has 1 heterocycles. The molecule has 1 aromatic heterocycles. The first-order chi connectivity index (χ1) is 9.95. The highest BCUT2D eigenvalue weighted by Gasteiger charge is 2.10. The molecule has 1 amide bonds. The zero-order valence-electron chi connectivity index (χ0n) is 12.4. The van der Waals surface area contributed by atoms with Gasteiger partial charge in [-0.15, -0.1) is 0 Å². The minimum Gasteiger partial charge on any atom is -0.350 e. The summed E-state index contributed by atoms with van der Waals surface area (Å²) in [6, 6.07) is 11.5. The lowest BCUT2D eigenvalue weighted by molar-refractivity contribution is -0.114. The molecule has 0 bridgehead atoms. The Labute approximate surface area is 133 Å². The summed E-state index contributed by atoms with van der Waals surface area (Å²) in [6.07, 6.45) is 0. The minimum absolute atomic E-state index is 0.0637. The summed E-state index contributed by atoms with van der Waals surface area (Å²) >= 11 is 3.41. The predicted octanol–water partition coefficient (Wildman–Crippen LogP) is 3.54. The number of anilines is 2. The van der Waals surface area contributed by atoms with E-state index in [4.69, 9.17) is 0 Å². The first-order valence-corrected chi connectivity index (χ1v) is 7.46. The van der Waals surface area contributed by atoms with Crippen LogP contribution in [0.5, 0.6) is 0 Å². The van der Waals surface area contributed by atoms with Gasteiger partial charge in [-0.3, -0.25) is 4.79 Å². The van der Waals surface area contributed by atoms with Crippen LogP contribution in [0.25, 0.3) is 0 Å². The Morgan fingerprint density at radius 3 is 2.71 bits per heavy atom. The molecule has 0 aliphatic rings. The van der Waals surface area contributed by atoms with Crippen molar-refractivity contribution in [2.75, 3.05) is 23.8 Å². The summed E-state index contributed by atoms with van der Waals surface area (Å²) in [6.45, 7) is 4.15. The van der Waals surface area contributed by atoms with Crippen molar-refractivity contribution >= 4 is 33.3 Å². The molecular weight excluding hydrogens is 330 g/mol. The first kappa shape index (κ1) is 15.5. The number of likely N-dealkylation sites (N-methyl/N-ethyl adjacent to an activating group) is 1. The molecule has 2 rings (SSSR count). The molecule has 4 nitrogen and oxygen atoms in total. The van der Waals surface area contributed by atoms with Crippen molar-refractivity contribution in [2.24, 2.45) is 0 Å². The number of benzene rings is 1. The monoisotopic (exact) mass is 347 g/mol. The maximum absolute atomic E-state index is 12.1. The summed E-state index contributed by atoms with van der Waals surface area (Å²) in [7, 11) is 1.86. The van der Waals surface area contributed by atoms with Gasteiger partial charge in [0.15, 0.2) is 0 Å². The van der Waals surface area contributed by atoms with E-state index in [1.54, 1.807) is 0 Å². The molecule has 1 aromatic carbocycles. The number of carbonyl (C=O) groups excluding carboxylic acids is 1. The van der Waals surface area contributed by atoms with Crippen molar-refractivity contribution in [3.63, 3.8) is 0 Å². The number of aryl methyl sites for hydroxylation is 2. The molecule has 2 aromatic rings. The molecule has 0 radical (unpaired) electrons. The molecule has 0 unspecified atom stereocenters. The zero-order valence-corrected chi connectivity index (χ0v) is 13.9. The number of hydrogen-bond acceptors (Lipinski definition) is 3. The summed E-state index contributed by atoms with van der Waals surface area (Å²) < 4.78 is 0.999. The molecule has 0 saturated heterocycles. The van der Waals surface area contributed by atoms with E-state index in [2.05, 4.69) is 26.2 Å². The molecular formula is C16H18BrN3O. The number of nitrogens with one attached hydrogen (secondary N) is 1. The van der Waals surface area contributed by atoms with Crippen LogP contribution in [0.15, 0.2) is 40.9 Å². The number of halogens is 1. The Kier molecular flexibility index (Phi) is 4.96. The molecule has 21 heavy (non-hydrogen) atoms. The predicted molar refractivity (Wildman–Crippen MR) is 89.8 cm³/mol. The normalized spacial score (nSPS) is 10.3. The fourth-order valence-electron chi connectivity index (χ4n) is 1.99. The van der Waals surface area contributed by atoms with Crippen LogP contribution < -0.4 is 10.2 Å². The average Bonchev–Trinajstić information content (AvgIpc) is 2.42. The van der Waals surface area contributed by atoms with Gasteiger partial charge < -0.3 is 10.2 Å². The first-order valence-electron chi connectivity index (χ1n) is 6.66. The van der Waals surface area contributed by atoms with E-state index in [-0.39, 0.29) is 12.5 Å². The molecule has 110 valence electrons. The standard InChI is InChI=1S/C16H18BrN3O/c1-11-9-13(17)7-8-14(11)19-16(21)10-20(3)15-6-4-5-12(2)18-15/h4-9H,10H2,1-3H3,(H,19,21). The van der Waals surface area contributed by atoms with Gasteiger partial charge in [0.25, 0.3) is 0 Å². The minimum atomic E-state index is -0.0637. The van der Waals surface area contributed by atoms with Crippen LogP contribution in [0.1, 0.15) is 11.3 Å². The number of hydrogen-bond donors (Lipinski definition) is 1. The fraction of sp³-hybridized carbons (Fsp3) is 0.250. The van der Waals surface area contributed by atoms with Gasteiger partial charge in [0.05, 0.1) is 6.54 Å². The van der Waals surface area contributed by atoms with Crippen LogP contribution >= 0.6 is 15.9 Å². The molecule has 0 aliphatic heterocycles. The number of carbonyl (C=O) groups is 1. The van der Waals surface area contributed by atoms with Crippen molar-refractivity contribution in [1.29, 1.82) is 0 Å². The Bertz CT molecular complexity index is 658. The Balaban J connectivity index is 2.01. The van der Waals surface area contributed by atoms with Gasteiger partial charge in [0, 0.05) is 22.9 Å². The van der Waals surface area contributed by atoms with Crippen LogP contribution in [0.3, 0.4) is 0 Å². The van der Waals surface area contributed by atoms with E-state index in [1.165, 1.54) is 0 Å². The van der Waals surface area contributed by atoms with E-state index in [9.17, 15) is 4.79 Å². The van der Waals surface area contributed by atoms with Crippen molar-refractivity contribution in [3.05, 3.63) is 52.1 Å². The van der Waals surface area contributed by atoms with Crippen LogP contribution in [0, 0.1) is 13.8 Å². The molecule has 0 fully saturated rings.